The second-order valence-corrected chi connectivity index (χ2v) is 11.4. The van der Waals surface area contributed by atoms with Crippen molar-refractivity contribution in [3.8, 4) is 5.75 Å². The highest BCUT2D eigenvalue weighted by atomic mass is 16.6. The van der Waals surface area contributed by atoms with Crippen molar-refractivity contribution >= 4 is 34.8 Å². The van der Waals surface area contributed by atoms with E-state index < -0.39 is 35.1 Å². The normalized spacial score (nSPS) is 20.2. The monoisotopic (exact) mass is 559 g/mol. The minimum Gasteiger partial charge on any atom is -0.489 e. The Hall–Kier alpha value is -4.67. The van der Waals surface area contributed by atoms with Gasteiger partial charge in [-0.1, -0.05) is 18.2 Å². The molecule has 0 saturated carbocycles. The number of carbonyl (C=O) groups is 4. The maximum Gasteiger partial charge on any atom is 0.410 e. The van der Waals surface area contributed by atoms with Gasteiger partial charge < -0.3 is 25.0 Å². The third kappa shape index (κ3) is 5.93. The second kappa shape index (κ2) is 10.7. The van der Waals surface area contributed by atoms with Crippen LogP contribution < -0.4 is 20.7 Å². The second-order valence-electron chi connectivity index (χ2n) is 11.4. The number of benzene rings is 2. The Morgan fingerprint density at radius 1 is 1.12 bits per heavy atom. The number of carbonyl (C=O) groups excluding carboxylic acids is 4. The minimum absolute atomic E-state index is 0.0541. The molecular weight excluding hydrogens is 526 g/mol. The number of nitrogens with zero attached hydrogens (tertiary/aromatic N) is 2. The minimum atomic E-state index is -1.35. The molecule has 3 aromatic rings. The van der Waals surface area contributed by atoms with Crippen LogP contribution in [-0.4, -0.2) is 64.6 Å². The maximum atomic E-state index is 13.0. The molecule has 3 N–H and O–H groups in total. The van der Waals surface area contributed by atoms with Gasteiger partial charge in [0.2, 0.25) is 0 Å². The molecule has 2 atom stereocenters. The van der Waals surface area contributed by atoms with Gasteiger partial charge in [0.1, 0.15) is 23.5 Å². The molecule has 5 rings (SSSR count). The topological polar surface area (TPSA) is 139 Å². The fourth-order valence-electron chi connectivity index (χ4n) is 5.22. The van der Waals surface area contributed by atoms with Crippen LogP contribution in [0.15, 0.2) is 54.6 Å². The number of aryl methyl sites for hydroxylation is 1. The molecule has 0 radical (unpaired) electrons. The van der Waals surface area contributed by atoms with Crippen molar-refractivity contribution in [2.24, 2.45) is 5.92 Å². The van der Waals surface area contributed by atoms with Crippen molar-refractivity contribution in [3.05, 3.63) is 71.4 Å². The molecular formula is C30H33N5O6. The molecule has 1 spiro atoms. The lowest BCUT2D eigenvalue weighted by Crippen LogP contribution is -2.56. The number of hydrogen-bond donors (Lipinski definition) is 3. The Balaban J connectivity index is 1.22. The SMILES string of the molecule is Cc1cc(COc2ccc(C(=O)NC[C@@H]3CN(C(=O)OC(C)(C)C)C[C@]34NC(=O)NC4=O)cc2)c2ccccc2n1. The van der Waals surface area contributed by atoms with E-state index >= 15 is 0 Å². The molecule has 0 aliphatic carbocycles. The van der Waals surface area contributed by atoms with Crippen molar-refractivity contribution in [3.63, 3.8) is 0 Å². The number of para-hydroxylation sites is 1. The summed E-state index contributed by atoms with van der Waals surface area (Å²) >= 11 is 0. The predicted molar refractivity (Wildman–Crippen MR) is 150 cm³/mol. The first-order valence-electron chi connectivity index (χ1n) is 13.4. The Labute approximate surface area is 237 Å². The molecule has 3 heterocycles. The summed E-state index contributed by atoms with van der Waals surface area (Å²) in [6.07, 6.45) is -0.592. The summed E-state index contributed by atoms with van der Waals surface area (Å²) < 4.78 is 11.4. The first-order valence-corrected chi connectivity index (χ1v) is 13.4. The molecule has 41 heavy (non-hydrogen) atoms. The number of urea groups is 1. The summed E-state index contributed by atoms with van der Waals surface area (Å²) in [6.45, 7) is 7.65. The van der Waals surface area contributed by atoms with Crippen LogP contribution in [-0.2, 0) is 16.1 Å². The lowest BCUT2D eigenvalue weighted by atomic mass is 9.87. The summed E-state index contributed by atoms with van der Waals surface area (Å²) in [6, 6.07) is 16.0. The maximum absolute atomic E-state index is 13.0. The van der Waals surface area contributed by atoms with Gasteiger partial charge in [0, 0.05) is 41.2 Å². The zero-order chi connectivity index (χ0) is 29.4. The third-order valence-corrected chi connectivity index (χ3v) is 7.15. The van der Waals surface area contributed by atoms with E-state index in [0.29, 0.717) is 17.9 Å². The molecule has 2 aliphatic rings. The van der Waals surface area contributed by atoms with Crippen LogP contribution in [0.25, 0.3) is 10.9 Å². The molecule has 5 amide bonds. The van der Waals surface area contributed by atoms with E-state index in [1.54, 1.807) is 45.0 Å². The molecule has 11 nitrogen and oxygen atoms in total. The Morgan fingerprint density at radius 2 is 1.85 bits per heavy atom. The largest absolute Gasteiger partial charge is 0.489 e. The number of amides is 5. The molecule has 11 heteroatoms. The first kappa shape index (κ1) is 27.9. The summed E-state index contributed by atoms with van der Waals surface area (Å²) in [7, 11) is 0. The van der Waals surface area contributed by atoms with Crippen LogP contribution in [0, 0.1) is 12.8 Å². The van der Waals surface area contributed by atoms with Gasteiger partial charge in [-0.25, -0.2) is 9.59 Å². The first-order chi connectivity index (χ1) is 19.4. The van der Waals surface area contributed by atoms with Crippen LogP contribution in [0.3, 0.4) is 0 Å². The number of pyridine rings is 1. The zero-order valence-corrected chi connectivity index (χ0v) is 23.4. The number of hydrogen-bond acceptors (Lipinski definition) is 7. The number of imide groups is 1. The van der Waals surface area contributed by atoms with Crippen LogP contribution >= 0.6 is 0 Å². The van der Waals surface area contributed by atoms with E-state index in [1.807, 2.05) is 37.3 Å². The number of fused-ring (bicyclic) bond motifs is 1. The molecule has 1 aromatic heterocycles. The van der Waals surface area contributed by atoms with Crippen molar-refractivity contribution < 1.29 is 28.7 Å². The van der Waals surface area contributed by atoms with E-state index in [9.17, 15) is 19.2 Å². The molecule has 2 saturated heterocycles. The van der Waals surface area contributed by atoms with E-state index in [-0.39, 0.29) is 25.5 Å². The summed E-state index contributed by atoms with van der Waals surface area (Å²) in [5.41, 5.74) is 1.16. The van der Waals surface area contributed by atoms with Gasteiger partial charge in [0.15, 0.2) is 0 Å². The standard InChI is InChI=1S/C30H33N5O6/c1-18-13-20(23-7-5-6-8-24(23)32-18)16-40-22-11-9-19(10-12-22)25(36)31-14-21-15-35(28(39)41-29(2,3)4)17-30(21)26(37)33-27(38)34-30/h5-13,21H,14-17H2,1-4H3,(H,31,36)(H2,33,34,37,38)/t21-,30+/m1/s1. The number of likely N-dealkylation sites (tertiary alicyclic amines) is 1. The predicted octanol–water partition coefficient (Wildman–Crippen LogP) is 3.30. The number of ether oxygens (including phenoxy) is 2. The molecule has 2 aliphatic heterocycles. The van der Waals surface area contributed by atoms with E-state index in [4.69, 9.17) is 9.47 Å². The Kier molecular flexibility index (Phi) is 7.29. The molecule has 2 aromatic carbocycles. The highest BCUT2D eigenvalue weighted by Gasteiger charge is 2.58. The van der Waals surface area contributed by atoms with Crippen LogP contribution in [0.5, 0.6) is 5.75 Å². The Morgan fingerprint density at radius 3 is 2.54 bits per heavy atom. The van der Waals surface area contributed by atoms with Gasteiger partial charge in [-0.3, -0.25) is 19.9 Å². The average Bonchev–Trinajstić information content (AvgIpc) is 3.43. The van der Waals surface area contributed by atoms with E-state index in [2.05, 4.69) is 20.9 Å². The number of aromatic nitrogens is 1. The Bertz CT molecular complexity index is 1520. The van der Waals surface area contributed by atoms with Crippen LogP contribution in [0.4, 0.5) is 9.59 Å². The van der Waals surface area contributed by atoms with Gasteiger partial charge in [0.25, 0.3) is 11.8 Å². The van der Waals surface area contributed by atoms with Crippen molar-refractivity contribution in [2.45, 2.75) is 45.4 Å². The van der Waals surface area contributed by atoms with Gasteiger partial charge in [-0.15, -0.1) is 0 Å². The summed E-state index contributed by atoms with van der Waals surface area (Å²) in [4.78, 5) is 56.4. The molecule has 2 fully saturated rings. The van der Waals surface area contributed by atoms with Crippen LogP contribution in [0.1, 0.15) is 42.4 Å². The van der Waals surface area contributed by atoms with Gasteiger partial charge >= 0.3 is 12.1 Å². The van der Waals surface area contributed by atoms with Gasteiger partial charge in [-0.05, 0) is 64.1 Å². The zero-order valence-electron chi connectivity index (χ0n) is 23.4. The summed E-state index contributed by atoms with van der Waals surface area (Å²) in [5, 5.41) is 8.79. The van der Waals surface area contributed by atoms with Crippen molar-refractivity contribution in [1.29, 1.82) is 0 Å². The molecule has 0 bridgehead atoms. The highest BCUT2D eigenvalue weighted by molar-refractivity contribution is 6.08. The number of nitrogens with one attached hydrogen (secondary N) is 3. The smallest absolute Gasteiger partial charge is 0.410 e. The summed E-state index contributed by atoms with van der Waals surface area (Å²) in [5.74, 6) is -0.853. The van der Waals surface area contributed by atoms with E-state index in [1.165, 1.54) is 4.90 Å². The van der Waals surface area contributed by atoms with Crippen LogP contribution in [0.2, 0.25) is 0 Å². The highest BCUT2D eigenvalue weighted by Crippen LogP contribution is 2.31. The average molecular weight is 560 g/mol. The number of rotatable bonds is 6. The van der Waals surface area contributed by atoms with Gasteiger partial charge in [-0.2, -0.15) is 0 Å². The van der Waals surface area contributed by atoms with E-state index in [0.717, 1.165) is 22.2 Å². The lowest BCUT2D eigenvalue weighted by Gasteiger charge is -2.27. The fourth-order valence-corrected chi connectivity index (χ4v) is 5.22. The third-order valence-electron chi connectivity index (χ3n) is 7.15. The van der Waals surface area contributed by atoms with Crippen molar-refractivity contribution in [1.82, 2.24) is 25.8 Å². The van der Waals surface area contributed by atoms with Crippen molar-refractivity contribution in [2.75, 3.05) is 19.6 Å². The molecule has 214 valence electrons. The fraction of sp³-hybridized carbons (Fsp3) is 0.367. The molecule has 0 unspecified atom stereocenters. The lowest BCUT2D eigenvalue weighted by molar-refractivity contribution is -0.124. The van der Waals surface area contributed by atoms with Gasteiger partial charge in [0.05, 0.1) is 12.1 Å². The quantitative estimate of drug-likeness (QED) is 0.394.